The second kappa shape index (κ2) is 8.91. The molecule has 0 bridgehead atoms. The van der Waals surface area contributed by atoms with Gasteiger partial charge in [-0.05, 0) is 80.3 Å². The first-order chi connectivity index (χ1) is 14.2. The van der Waals surface area contributed by atoms with E-state index < -0.39 is 17.8 Å². The minimum Gasteiger partial charge on any atom is -0.381 e. The van der Waals surface area contributed by atoms with Crippen molar-refractivity contribution in [2.75, 3.05) is 13.9 Å². The Labute approximate surface area is 185 Å². The van der Waals surface area contributed by atoms with Gasteiger partial charge < -0.3 is 10.1 Å². The minimum atomic E-state index is -1.05. The number of carbonyl (C=O) groups excluding carboxylic acids is 1. The molecule has 1 aliphatic heterocycles. The molecule has 1 N–H and O–H groups in total. The van der Waals surface area contributed by atoms with E-state index in [1.54, 1.807) is 7.11 Å². The lowest BCUT2D eigenvalue weighted by Crippen LogP contribution is -2.58. The first-order valence-electron chi connectivity index (χ1n) is 11.0. The number of thiocarbonyl (C=S) groups is 1. The van der Waals surface area contributed by atoms with Crippen molar-refractivity contribution in [2.45, 2.75) is 77.9 Å². The molecule has 1 aromatic carbocycles. The van der Waals surface area contributed by atoms with Crippen LogP contribution in [-0.2, 0) is 21.5 Å². The Morgan fingerprint density at radius 3 is 2.53 bits per heavy atom. The van der Waals surface area contributed by atoms with Crippen LogP contribution >= 0.6 is 12.2 Å². The molecule has 6 heteroatoms. The van der Waals surface area contributed by atoms with Crippen LogP contribution < -0.4 is 5.32 Å². The summed E-state index contributed by atoms with van der Waals surface area (Å²) in [6, 6.07) is 6.39. The van der Waals surface area contributed by atoms with Gasteiger partial charge in [-0.15, -0.1) is 0 Å². The fraction of sp³-hybridized carbons (Fsp3) is 0.667. The van der Waals surface area contributed by atoms with Gasteiger partial charge in [0.1, 0.15) is 0 Å². The summed E-state index contributed by atoms with van der Waals surface area (Å²) in [5.41, 5.74) is 1.73. The highest BCUT2D eigenvalue weighted by molar-refractivity contribution is 7.80. The average Bonchev–Trinajstić information content (AvgIpc) is 2.98. The normalized spacial score (nSPS) is 29.6. The number of nitrogens with one attached hydrogen (secondary N) is 1. The van der Waals surface area contributed by atoms with E-state index >= 15 is 0 Å². The van der Waals surface area contributed by atoms with Crippen LogP contribution in [0.3, 0.4) is 0 Å². The topological polar surface area (TPSA) is 41.6 Å². The monoisotopic (exact) mass is 434 g/mol. The van der Waals surface area contributed by atoms with E-state index in [4.69, 9.17) is 17.0 Å². The molecule has 2 aliphatic rings. The number of hydrogen-bond acceptors (Lipinski definition) is 3. The highest BCUT2D eigenvalue weighted by atomic mass is 32.1. The summed E-state index contributed by atoms with van der Waals surface area (Å²) in [5.74, 6) is 0.337. The fourth-order valence-corrected chi connectivity index (χ4v) is 5.41. The van der Waals surface area contributed by atoms with E-state index in [2.05, 4.69) is 44.3 Å². The molecule has 3 rings (SSSR count). The van der Waals surface area contributed by atoms with Gasteiger partial charge in [-0.25, -0.2) is 4.39 Å². The van der Waals surface area contributed by atoms with E-state index in [1.807, 2.05) is 6.92 Å². The number of benzene rings is 1. The van der Waals surface area contributed by atoms with Crippen LogP contribution in [-0.4, -0.2) is 35.9 Å². The lowest BCUT2D eigenvalue weighted by molar-refractivity contribution is -0.140. The Morgan fingerprint density at radius 2 is 2.00 bits per heavy atom. The maximum Gasteiger partial charge on any atom is 0.261 e. The van der Waals surface area contributed by atoms with Crippen LogP contribution in [0.25, 0.3) is 0 Å². The number of alkyl halides is 1. The molecule has 0 radical (unpaired) electrons. The highest BCUT2D eigenvalue weighted by Gasteiger charge is 2.62. The van der Waals surface area contributed by atoms with Crippen molar-refractivity contribution in [1.29, 1.82) is 0 Å². The third-order valence-corrected chi connectivity index (χ3v) is 7.54. The van der Waals surface area contributed by atoms with Crippen molar-refractivity contribution in [1.82, 2.24) is 10.2 Å². The number of aryl methyl sites for hydroxylation is 2. The van der Waals surface area contributed by atoms with Gasteiger partial charge in [0.05, 0.1) is 6.10 Å². The quantitative estimate of drug-likeness (QED) is 0.483. The first-order valence-corrected chi connectivity index (χ1v) is 11.4. The minimum absolute atomic E-state index is 0.185. The molecule has 30 heavy (non-hydrogen) atoms. The molecule has 1 unspecified atom stereocenters. The summed E-state index contributed by atoms with van der Waals surface area (Å²) in [7, 11) is 1.74. The Kier molecular flexibility index (Phi) is 6.87. The summed E-state index contributed by atoms with van der Waals surface area (Å²) < 4.78 is 19.4. The van der Waals surface area contributed by atoms with Crippen LogP contribution in [0, 0.1) is 18.3 Å². The van der Waals surface area contributed by atoms with Crippen LogP contribution in [0.1, 0.15) is 69.6 Å². The third-order valence-electron chi connectivity index (χ3n) is 7.22. The van der Waals surface area contributed by atoms with Crippen LogP contribution in [0.15, 0.2) is 18.2 Å². The summed E-state index contributed by atoms with van der Waals surface area (Å²) in [5, 5.41) is 3.52. The fourth-order valence-electron chi connectivity index (χ4n) is 5.12. The van der Waals surface area contributed by atoms with Gasteiger partial charge in [0.2, 0.25) is 0 Å². The van der Waals surface area contributed by atoms with Gasteiger partial charge in [0.25, 0.3) is 5.91 Å². The van der Waals surface area contributed by atoms with E-state index in [0.29, 0.717) is 5.92 Å². The Hall–Kier alpha value is -1.53. The number of hydrogen-bond donors (Lipinski definition) is 1. The van der Waals surface area contributed by atoms with Gasteiger partial charge >= 0.3 is 0 Å². The maximum absolute atomic E-state index is 13.8. The summed E-state index contributed by atoms with van der Waals surface area (Å²) in [6.07, 6.45) is 5.60. The molecule has 1 aliphatic carbocycles. The molecular formula is C24H35FN2O2S. The lowest BCUT2D eigenvalue weighted by Gasteiger charge is -2.49. The molecule has 1 saturated carbocycles. The standard InChI is InChI=1S/C24H35FN2O2S/c1-16(2)6-8-18-9-7-17(3)20(14-18)24(21(28)27(15-25)22(30)26-24)23(4)12-10-19(29-5)11-13-23/h7,9,14,16,19H,6,8,10-13,15H2,1-5H3,(H,26,30). The number of methoxy groups -OCH3 is 1. The smallest absolute Gasteiger partial charge is 0.261 e. The van der Waals surface area contributed by atoms with Crippen LogP contribution in [0.4, 0.5) is 4.39 Å². The van der Waals surface area contributed by atoms with Crippen molar-refractivity contribution in [3.63, 3.8) is 0 Å². The van der Waals surface area contributed by atoms with Gasteiger partial charge in [0, 0.05) is 12.5 Å². The Bertz CT molecular complexity index is 804. The number of ether oxygens (including phenoxy) is 1. The molecule has 1 atom stereocenters. The number of halogens is 1. The molecule has 2 fully saturated rings. The van der Waals surface area contributed by atoms with Crippen molar-refractivity contribution in [2.24, 2.45) is 11.3 Å². The number of amides is 1. The first kappa shape index (κ1) is 23.1. The SMILES string of the molecule is COC1CCC(C)(C2(c3cc(CCC(C)C)ccc3C)NC(=S)N(CF)C2=O)CC1. The summed E-state index contributed by atoms with van der Waals surface area (Å²) in [6.45, 7) is 7.70. The van der Waals surface area contributed by atoms with Gasteiger partial charge in [0.15, 0.2) is 17.4 Å². The van der Waals surface area contributed by atoms with Gasteiger partial charge in [-0.1, -0.05) is 39.0 Å². The van der Waals surface area contributed by atoms with Crippen LogP contribution in [0.2, 0.25) is 0 Å². The molecule has 0 spiro atoms. The van der Waals surface area contributed by atoms with E-state index in [0.717, 1.165) is 54.6 Å². The number of rotatable bonds is 7. The second-order valence-corrected chi connectivity index (χ2v) is 10.00. The van der Waals surface area contributed by atoms with Crippen LogP contribution in [0.5, 0.6) is 0 Å². The molecule has 1 heterocycles. The number of carbonyl (C=O) groups is 1. The van der Waals surface area contributed by atoms with E-state index in [-0.39, 0.29) is 17.1 Å². The van der Waals surface area contributed by atoms with Gasteiger partial charge in [-0.3, -0.25) is 9.69 Å². The van der Waals surface area contributed by atoms with Crippen molar-refractivity contribution in [3.05, 3.63) is 34.9 Å². The zero-order valence-electron chi connectivity index (χ0n) is 18.9. The molecule has 166 valence electrons. The maximum atomic E-state index is 13.8. The molecule has 4 nitrogen and oxygen atoms in total. The van der Waals surface area contributed by atoms with E-state index in [9.17, 15) is 9.18 Å². The second-order valence-electron chi connectivity index (χ2n) is 9.61. The zero-order chi connectivity index (χ0) is 22.1. The average molecular weight is 435 g/mol. The number of nitrogens with zero attached hydrogens (tertiary/aromatic N) is 1. The van der Waals surface area contributed by atoms with Crippen molar-refractivity contribution >= 4 is 23.2 Å². The predicted molar refractivity (Wildman–Crippen MR) is 122 cm³/mol. The molecular weight excluding hydrogens is 399 g/mol. The third kappa shape index (κ3) is 3.89. The summed E-state index contributed by atoms with van der Waals surface area (Å²) in [4.78, 5) is 14.8. The molecule has 1 saturated heterocycles. The molecule has 0 aromatic heterocycles. The van der Waals surface area contributed by atoms with E-state index in [1.165, 1.54) is 5.56 Å². The highest BCUT2D eigenvalue weighted by Crippen LogP contribution is 2.53. The Morgan fingerprint density at radius 1 is 1.33 bits per heavy atom. The summed E-state index contributed by atoms with van der Waals surface area (Å²) >= 11 is 5.42. The molecule has 1 amide bonds. The van der Waals surface area contributed by atoms with Gasteiger partial charge in [-0.2, -0.15) is 0 Å². The Balaban J connectivity index is 2.11. The predicted octanol–water partition coefficient (Wildman–Crippen LogP) is 5.02. The van der Waals surface area contributed by atoms with Crippen molar-refractivity contribution < 1.29 is 13.9 Å². The lowest BCUT2D eigenvalue weighted by atomic mass is 9.59. The zero-order valence-corrected chi connectivity index (χ0v) is 19.7. The largest absolute Gasteiger partial charge is 0.381 e. The molecule has 1 aromatic rings. The van der Waals surface area contributed by atoms with Crippen molar-refractivity contribution in [3.8, 4) is 0 Å².